The summed E-state index contributed by atoms with van der Waals surface area (Å²) < 4.78 is 5.37. The lowest BCUT2D eigenvalue weighted by Crippen LogP contribution is -2.30. The van der Waals surface area contributed by atoms with Crippen LogP contribution < -0.4 is 0 Å². The lowest BCUT2D eigenvalue weighted by Gasteiger charge is -2.16. The van der Waals surface area contributed by atoms with Crippen LogP contribution in [0.25, 0.3) is 22.2 Å². The molecule has 2 aromatic heterocycles. The Bertz CT molecular complexity index is 1170. The third kappa shape index (κ3) is 4.39. The van der Waals surface area contributed by atoms with Crippen LogP contribution in [0.5, 0.6) is 0 Å². The Labute approximate surface area is 178 Å². The van der Waals surface area contributed by atoms with Gasteiger partial charge in [-0.3, -0.25) is 4.79 Å². The first kappa shape index (κ1) is 19.8. The molecule has 30 heavy (non-hydrogen) atoms. The van der Waals surface area contributed by atoms with E-state index in [-0.39, 0.29) is 12.5 Å². The average molecular weight is 417 g/mol. The number of amides is 1. The van der Waals surface area contributed by atoms with Crippen molar-refractivity contribution in [2.75, 3.05) is 13.7 Å². The summed E-state index contributed by atoms with van der Waals surface area (Å²) in [7, 11) is 1.70. The molecule has 0 unspecified atom stereocenters. The predicted octanol–water partition coefficient (Wildman–Crippen LogP) is 4.78. The summed E-state index contributed by atoms with van der Waals surface area (Å²) in [4.78, 5) is 31.5. The number of para-hydroxylation sites is 1. The molecule has 2 heterocycles. The van der Waals surface area contributed by atoms with Gasteiger partial charge in [0.1, 0.15) is 0 Å². The molecule has 0 aliphatic carbocycles. The molecular weight excluding hydrogens is 396 g/mol. The number of nitrogens with zero attached hydrogens (tertiary/aromatic N) is 2. The molecule has 4 aromatic rings. The summed E-state index contributed by atoms with van der Waals surface area (Å²) in [6.45, 7) is 0.174. The van der Waals surface area contributed by atoms with Crippen molar-refractivity contribution >= 4 is 34.1 Å². The van der Waals surface area contributed by atoms with E-state index in [1.807, 2.05) is 71.4 Å². The summed E-state index contributed by atoms with van der Waals surface area (Å²) in [6.07, 6.45) is 0. The van der Waals surface area contributed by atoms with Gasteiger partial charge in [0.15, 0.2) is 6.61 Å². The number of pyridine rings is 1. The van der Waals surface area contributed by atoms with Crippen molar-refractivity contribution in [3.63, 3.8) is 0 Å². The molecule has 1 amide bonds. The van der Waals surface area contributed by atoms with Crippen LogP contribution in [0.4, 0.5) is 0 Å². The smallest absolute Gasteiger partial charge is 0.339 e. The highest BCUT2D eigenvalue weighted by atomic mass is 32.1. The average Bonchev–Trinajstić information content (AvgIpc) is 3.30. The number of thiophene rings is 1. The van der Waals surface area contributed by atoms with Crippen molar-refractivity contribution in [1.29, 1.82) is 0 Å². The van der Waals surface area contributed by atoms with E-state index >= 15 is 0 Å². The topological polar surface area (TPSA) is 59.5 Å². The highest BCUT2D eigenvalue weighted by molar-refractivity contribution is 7.07. The van der Waals surface area contributed by atoms with E-state index in [9.17, 15) is 9.59 Å². The molecule has 5 nitrogen and oxygen atoms in total. The maximum atomic E-state index is 12.9. The van der Waals surface area contributed by atoms with Gasteiger partial charge in [-0.2, -0.15) is 11.3 Å². The van der Waals surface area contributed by atoms with Gasteiger partial charge in [0.05, 0.1) is 16.8 Å². The molecule has 0 bridgehead atoms. The molecule has 0 aliphatic rings. The molecule has 0 saturated carbocycles. The fourth-order valence-electron chi connectivity index (χ4n) is 3.16. The third-order valence-electron chi connectivity index (χ3n) is 4.76. The number of hydrogen-bond donors (Lipinski definition) is 0. The lowest BCUT2D eigenvalue weighted by molar-refractivity contribution is -0.133. The van der Waals surface area contributed by atoms with Crippen LogP contribution in [-0.4, -0.2) is 35.4 Å². The molecule has 0 radical (unpaired) electrons. The van der Waals surface area contributed by atoms with Gasteiger partial charge in [-0.25, -0.2) is 9.78 Å². The van der Waals surface area contributed by atoms with E-state index in [0.717, 1.165) is 11.1 Å². The molecule has 4 rings (SSSR count). The molecule has 6 heteroatoms. The summed E-state index contributed by atoms with van der Waals surface area (Å²) >= 11 is 1.58. The van der Waals surface area contributed by atoms with Crippen molar-refractivity contribution in [3.8, 4) is 11.3 Å². The van der Waals surface area contributed by atoms with Gasteiger partial charge in [0, 0.05) is 24.5 Å². The summed E-state index contributed by atoms with van der Waals surface area (Å²) in [5.41, 5.74) is 3.74. The Kier molecular flexibility index (Phi) is 5.86. The first-order chi connectivity index (χ1) is 14.6. The minimum atomic E-state index is -0.539. The van der Waals surface area contributed by atoms with E-state index in [1.165, 1.54) is 0 Å². The van der Waals surface area contributed by atoms with Crippen LogP contribution in [0.2, 0.25) is 0 Å². The molecular formula is C24H20N2O3S. The van der Waals surface area contributed by atoms with Gasteiger partial charge in [-0.15, -0.1) is 0 Å². The third-order valence-corrected chi connectivity index (χ3v) is 5.49. The van der Waals surface area contributed by atoms with E-state index < -0.39 is 5.97 Å². The van der Waals surface area contributed by atoms with Crippen LogP contribution >= 0.6 is 11.3 Å². The Balaban J connectivity index is 1.54. The Morgan fingerprint density at radius 2 is 1.80 bits per heavy atom. The van der Waals surface area contributed by atoms with Crippen LogP contribution in [0.1, 0.15) is 15.9 Å². The zero-order valence-electron chi connectivity index (χ0n) is 16.4. The van der Waals surface area contributed by atoms with E-state index in [1.54, 1.807) is 29.4 Å². The number of ether oxygens (including phenoxy) is 1. The Hall–Kier alpha value is -3.51. The number of hydrogen-bond acceptors (Lipinski definition) is 5. The van der Waals surface area contributed by atoms with Crippen LogP contribution in [-0.2, 0) is 16.1 Å². The monoisotopic (exact) mass is 416 g/mol. The lowest BCUT2D eigenvalue weighted by atomic mass is 10.0. The zero-order valence-corrected chi connectivity index (χ0v) is 17.3. The normalized spacial score (nSPS) is 10.7. The second-order valence-electron chi connectivity index (χ2n) is 6.90. The second-order valence-corrected chi connectivity index (χ2v) is 7.68. The quantitative estimate of drug-likeness (QED) is 0.425. The van der Waals surface area contributed by atoms with E-state index in [0.29, 0.717) is 28.7 Å². The molecule has 150 valence electrons. The fourth-order valence-corrected chi connectivity index (χ4v) is 3.82. The highest BCUT2D eigenvalue weighted by Gasteiger charge is 2.18. The predicted molar refractivity (Wildman–Crippen MR) is 118 cm³/mol. The van der Waals surface area contributed by atoms with Crippen molar-refractivity contribution in [1.82, 2.24) is 9.88 Å². The van der Waals surface area contributed by atoms with Gasteiger partial charge in [0.25, 0.3) is 5.91 Å². The van der Waals surface area contributed by atoms with Gasteiger partial charge < -0.3 is 9.64 Å². The zero-order chi connectivity index (χ0) is 20.9. The summed E-state index contributed by atoms with van der Waals surface area (Å²) in [6, 6.07) is 20.8. The number of benzene rings is 2. The molecule has 0 atom stereocenters. The number of fused-ring (bicyclic) bond motifs is 1. The van der Waals surface area contributed by atoms with Crippen LogP contribution in [0.3, 0.4) is 0 Å². The van der Waals surface area contributed by atoms with Crippen LogP contribution in [0, 0.1) is 0 Å². The maximum Gasteiger partial charge on any atom is 0.339 e. The number of likely N-dealkylation sites (N-methyl/N-ethyl adjacent to an activating group) is 1. The first-order valence-electron chi connectivity index (χ1n) is 9.49. The fraction of sp³-hybridized carbons (Fsp3) is 0.125. The number of esters is 1. The molecule has 0 aliphatic heterocycles. The minimum Gasteiger partial charge on any atom is -0.452 e. The highest BCUT2D eigenvalue weighted by Crippen LogP contribution is 2.25. The number of rotatable bonds is 6. The van der Waals surface area contributed by atoms with E-state index in [2.05, 4.69) is 4.98 Å². The molecule has 0 fully saturated rings. The van der Waals surface area contributed by atoms with Crippen LogP contribution in [0.15, 0.2) is 77.5 Å². The van der Waals surface area contributed by atoms with E-state index in [4.69, 9.17) is 4.74 Å². The molecule has 2 aromatic carbocycles. The second kappa shape index (κ2) is 8.88. The summed E-state index contributed by atoms with van der Waals surface area (Å²) in [5.74, 6) is -0.792. The molecule has 0 spiro atoms. The minimum absolute atomic E-state index is 0.254. The first-order valence-corrected chi connectivity index (χ1v) is 10.4. The SMILES string of the molecule is CN(Cc1ccsc1)C(=O)COC(=O)c1cc(-c2ccccc2)nc2ccccc12. The number of aromatic nitrogens is 1. The Morgan fingerprint density at radius 3 is 2.57 bits per heavy atom. The van der Waals surface area contributed by atoms with Gasteiger partial charge in [-0.05, 0) is 34.5 Å². The molecule has 0 N–H and O–H groups in total. The van der Waals surface area contributed by atoms with Gasteiger partial charge in [-0.1, -0.05) is 48.5 Å². The van der Waals surface area contributed by atoms with Gasteiger partial charge in [0.2, 0.25) is 0 Å². The van der Waals surface area contributed by atoms with Crippen molar-refractivity contribution < 1.29 is 14.3 Å². The van der Waals surface area contributed by atoms with Crippen molar-refractivity contribution in [3.05, 3.63) is 88.6 Å². The van der Waals surface area contributed by atoms with Crippen molar-refractivity contribution in [2.24, 2.45) is 0 Å². The maximum absolute atomic E-state index is 12.9. The van der Waals surface area contributed by atoms with Crippen molar-refractivity contribution in [2.45, 2.75) is 6.54 Å². The summed E-state index contributed by atoms with van der Waals surface area (Å²) in [5, 5.41) is 4.65. The largest absolute Gasteiger partial charge is 0.452 e. The standard InChI is InChI=1S/C24H20N2O3S/c1-26(14-17-11-12-30-16-17)23(27)15-29-24(28)20-13-22(18-7-3-2-4-8-18)25-21-10-6-5-9-19(20)21/h2-13,16H,14-15H2,1H3. The number of carbonyl (C=O) groups excluding carboxylic acids is 2. The number of carbonyl (C=O) groups is 2. The van der Waals surface area contributed by atoms with Gasteiger partial charge >= 0.3 is 5.97 Å². The molecule has 0 saturated heterocycles. The Morgan fingerprint density at radius 1 is 1.03 bits per heavy atom.